The lowest BCUT2D eigenvalue weighted by atomic mass is 10.0. The van der Waals surface area contributed by atoms with Crippen molar-refractivity contribution in [2.45, 2.75) is 0 Å². The predicted octanol–water partition coefficient (Wildman–Crippen LogP) is 2.62. The van der Waals surface area contributed by atoms with Crippen molar-refractivity contribution in [3.63, 3.8) is 0 Å². The van der Waals surface area contributed by atoms with Crippen LogP contribution in [0.3, 0.4) is 0 Å². The van der Waals surface area contributed by atoms with Gasteiger partial charge in [0.15, 0.2) is 17.5 Å². The second-order valence-electron chi connectivity index (χ2n) is 5.78. The average Bonchev–Trinajstić information content (AvgIpc) is 2.71. The molecule has 0 amide bonds. The number of methoxy groups -OCH3 is 1. The molecule has 0 aliphatic rings. The van der Waals surface area contributed by atoms with Gasteiger partial charge in [-0.15, -0.1) is 0 Å². The number of halogens is 2. The first kappa shape index (κ1) is 19.1. The number of pyridine rings is 1. The minimum absolute atomic E-state index is 0.0723. The fourth-order valence-corrected chi connectivity index (χ4v) is 2.67. The van der Waals surface area contributed by atoms with Crippen LogP contribution in [0, 0.1) is 11.6 Å². The summed E-state index contributed by atoms with van der Waals surface area (Å²) in [6.45, 7) is 0. The Morgan fingerprint density at radius 3 is 2.57 bits per heavy atom. The maximum absolute atomic E-state index is 14.1. The Balaban J connectivity index is 2.07. The molecule has 0 spiro atoms. The topological polar surface area (TPSA) is 116 Å². The summed E-state index contributed by atoms with van der Waals surface area (Å²) in [5.41, 5.74) is 7.44. The molecule has 0 radical (unpaired) electrons. The minimum Gasteiger partial charge on any atom is -0.497 e. The molecule has 144 valence electrons. The number of aromatic nitrogens is 1. The largest absolute Gasteiger partial charge is 0.497 e. The number of anilines is 2. The lowest BCUT2D eigenvalue weighted by molar-refractivity contribution is 0.415. The molecule has 0 bridgehead atoms. The molecule has 9 heteroatoms. The molecule has 3 aromatic rings. The highest BCUT2D eigenvalue weighted by molar-refractivity contribution is 6.12. The summed E-state index contributed by atoms with van der Waals surface area (Å²) in [4.78, 5) is 4.15. The van der Waals surface area contributed by atoms with Gasteiger partial charge in [-0.25, -0.2) is 19.6 Å². The number of hydrogen-bond donors (Lipinski definition) is 3. The van der Waals surface area contributed by atoms with Gasteiger partial charge in [0.1, 0.15) is 11.6 Å². The van der Waals surface area contributed by atoms with Gasteiger partial charge < -0.3 is 16.3 Å². The van der Waals surface area contributed by atoms with Gasteiger partial charge in [-0.2, -0.15) is 5.10 Å². The van der Waals surface area contributed by atoms with Crippen LogP contribution in [0.2, 0.25) is 0 Å². The first-order valence-corrected chi connectivity index (χ1v) is 8.13. The van der Waals surface area contributed by atoms with Gasteiger partial charge in [-0.3, -0.25) is 5.01 Å². The predicted molar refractivity (Wildman–Crippen MR) is 104 cm³/mol. The Kier molecular flexibility index (Phi) is 5.37. The molecule has 2 aromatic carbocycles. The molecule has 0 saturated carbocycles. The highest BCUT2D eigenvalue weighted by atomic mass is 19.2. The maximum Gasteiger partial charge on any atom is 0.183 e. The Bertz CT molecular complexity index is 1040. The Labute approximate surface area is 160 Å². The standard InChI is InChI=1S/C19H18F2N6O/c1-28-13-5-2-4-11(8-13)12-9-14(18(22)25-10-12)19(26-23)27(24)16-7-3-6-15(20)17(16)21/h2-10H,23-24H2,1H3,(H2,22,25)/b26-19-. The van der Waals surface area contributed by atoms with E-state index >= 15 is 0 Å². The van der Waals surface area contributed by atoms with Gasteiger partial charge in [0.05, 0.1) is 18.4 Å². The summed E-state index contributed by atoms with van der Waals surface area (Å²) in [6, 6.07) is 12.5. The van der Waals surface area contributed by atoms with Gasteiger partial charge in [0.2, 0.25) is 0 Å². The van der Waals surface area contributed by atoms with Crippen molar-refractivity contribution < 1.29 is 13.5 Å². The maximum atomic E-state index is 14.1. The fraction of sp³-hybridized carbons (Fsp3) is 0.0526. The van der Waals surface area contributed by atoms with Crippen molar-refractivity contribution >= 4 is 17.3 Å². The zero-order valence-electron chi connectivity index (χ0n) is 14.9. The smallest absolute Gasteiger partial charge is 0.183 e. The number of benzene rings is 2. The minimum atomic E-state index is -1.14. The van der Waals surface area contributed by atoms with Crippen LogP contribution in [0.1, 0.15) is 5.56 Å². The Hall–Kier alpha value is -3.72. The van der Waals surface area contributed by atoms with Gasteiger partial charge >= 0.3 is 0 Å². The van der Waals surface area contributed by atoms with Crippen LogP contribution in [-0.4, -0.2) is 17.9 Å². The third kappa shape index (κ3) is 3.55. The summed E-state index contributed by atoms with van der Waals surface area (Å²) >= 11 is 0. The molecular formula is C19H18F2N6O. The summed E-state index contributed by atoms with van der Waals surface area (Å²) in [5, 5.41) is 4.44. The van der Waals surface area contributed by atoms with Crippen molar-refractivity contribution in [1.29, 1.82) is 0 Å². The molecular weight excluding hydrogens is 366 g/mol. The number of nitrogen functional groups attached to an aromatic ring is 1. The van der Waals surface area contributed by atoms with E-state index in [1.165, 1.54) is 12.1 Å². The van der Waals surface area contributed by atoms with Crippen LogP contribution >= 0.6 is 0 Å². The number of ether oxygens (including phenoxy) is 1. The summed E-state index contributed by atoms with van der Waals surface area (Å²) in [5.74, 6) is 9.90. The highest BCUT2D eigenvalue weighted by Crippen LogP contribution is 2.27. The molecule has 3 rings (SSSR count). The highest BCUT2D eigenvalue weighted by Gasteiger charge is 2.21. The van der Waals surface area contributed by atoms with E-state index < -0.39 is 11.6 Å². The molecule has 6 N–H and O–H groups in total. The Morgan fingerprint density at radius 1 is 1.11 bits per heavy atom. The summed E-state index contributed by atoms with van der Waals surface area (Å²) in [7, 11) is 1.56. The molecule has 0 unspecified atom stereocenters. The number of nitrogens with two attached hydrogens (primary N) is 3. The van der Waals surface area contributed by atoms with Crippen molar-refractivity contribution in [3.8, 4) is 16.9 Å². The van der Waals surface area contributed by atoms with Gasteiger partial charge in [-0.05, 0) is 35.9 Å². The van der Waals surface area contributed by atoms with Crippen LogP contribution in [0.4, 0.5) is 20.3 Å². The van der Waals surface area contributed by atoms with Crippen LogP contribution in [0.25, 0.3) is 11.1 Å². The second kappa shape index (κ2) is 7.89. The third-order valence-corrected chi connectivity index (χ3v) is 4.10. The van der Waals surface area contributed by atoms with Crippen molar-refractivity contribution in [1.82, 2.24) is 4.98 Å². The molecule has 7 nitrogen and oxygen atoms in total. The third-order valence-electron chi connectivity index (χ3n) is 4.10. The quantitative estimate of drug-likeness (QED) is 0.276. The molecule has 0 aliphatic heterocycles. The van der Waals surface area contributed by atoms with E-state index in [0.29, 0.717) is 11.3 Å². The van der Waals surface area contributed by atoms with E-state index in [9.17, 15) is 8.78 Å². The number of nitrogens with zero attached hydrogens (tertiary/aromatic N) is 3. The van der Waals surface area contributed by atoms with Gasteiger partial charge in [-0.1, -0.05) is 18.2 Å². The number of rotatable bonds is 4. The van der Waals surface area contributed by atoms with E-state index in [2.05, 4.69) is 10.1 Å². The second-order valence-corrected chi connectivity index (χ2v) is 5.78. The average molecular weight is 384 g/mol. The molecule has 0 aliphatic carbocycles. The van der Waals surface area contributed by atoms with E-state index in [-0.39, 0.29) is 22.9 Å². The number of hydrogen-bond acceptors (Lipinski definition) is 6. The monoisotopic (exact) mass is 384 g/mol. The number of amidine groups is 1. The summed E-state index contributed by atoms with van der Waals surface area (Å²) in [6.07, 6.45) is 1.56. The van der Waals surface area contributed by atoms with Crippen molar-refractivity contribution in [2.75, 3.05) is 17.9 Å². The molecule has 0 saturated heterocycles. The summed E-state index contributed by atoms with van der Waals surface area (Å²) < 4.78 is 32.9. The van der Waals surface area contributed by atoms with E-state index in [1.807, 2.05) is 18.2 Å². The first-order valence-electron chi connectivity index (χ1n) is 8.13. The number of hydrazine groups is 1. The zero-order valence-corrected chi connectivity index (χ0v) is 14.9. The van der Waals surface area contributed by atoms with Crippen LogP contribution in [-0.2, 0) is 0 Å². The van der Waals surface area contributed by atoms with Gasteiger partial charge in [0, 0.05) is 11.8 Å². The normalized spacial score (nSPS) is 11.4. The van der Waals surface area contributed by atoms with Crippen molar-refractivity contribution in [2.24, 2.45) is 16.8 Å². The van der Waals surface area contributed by atoms with Crippen LogP contribution < -0.4 is 27.2 Å². The van der Waals surface area contributed by atoms with Crippen LogP contribution in [0.15, 0.2) is 59.8 Å². The SMILES string of the molecule is COc1cccc(-c2cnc(N)c(/C(=N/N)N(N)c3cccc(F)c3F)c2)c1. The lowest BCUT2D eigenvalue weighted by Crippen LogP contribution is -2.40. The fourth-order valence-electron chi connectivity index (χ4n) is 2.67. The van der Waals surface area contributed by atoms with E-state index in [0.717, 1.165) is 16.6 Å². The van der Waals surface area contributed by atoms with E-state index in [4.69, 9.17) is 22.2 Å². The van der Waals surface area contributed by atoms with Gasteiger partial charge in [0.25, 0.3) is 0 Å². The zero-order chi connectivity index (χ0) is 20.3. The number of hydrazone groups is 1. The van der Waals surface area contributed by atoms with E-state index in [1.54, 1.807) is 25.4 Å². The molecule has 0 atom stereocenters. The first-order chi connectivity index (χ1) is 13.5. The molecule has 0 fully saturated rings. The molecule has 28 heavy (non-hydrogen) atoms. The molecule has 1 aromatic heterocycles. The van der Waals surface area contributed by atoms with Crippen LogP contribution in [0.5, 0.6) is 5.75 Å². The molecule has 1 heterocycles. The lowest BCUT2D eigenvalue weighted by Gasteiger charge is -2.22. The van der Waals surface area contributed by atoms with Crippen molar-refractivity contribution in [3.05, 3.63) is 71.9 Å². The Morgan fingerprint density at radius 2 is 1.86 bits per heavy atom.